The van der Waals surface area contributed by atoms with E-state index < -0.39 is 45.8 Å². The van der Waals surface area contributed by atoms with Gasteiger partial charge in [0.15, 0.2) is 11.5 Å². The third-order valence-corrected chi connectivity index (χ3v) is 7.53. The molecular formula is C30H34FN3O6S. The van der Waals surface area contributed by atoms with Crippen molar-refractivity contribution in [3.8, 4) is 11.5 Å². The van der Waals surface area contributed by atoms with Gasteiger partial charge in [0.05, 0.1) is 11.9 Å². The van der Waals surface area contributed by atoms with Gasteiger partial charge in [-0.05, 0) is 44.5 Å². The second kappa shape index (κ2) is 12.2. The summed E-state index contributed by atoms with van der Waals surface area (Å²) in [5, 5.41) is 2.93. The summed E-state index contributed by atoms with van der Waals surface area (Å²) in [5.41, 5.74) is 0.541. The van der Waals surface area contributed by atoms with Crippen molar-refractivity contribution < 1.29 is 31.9 Å². The van der Waals surface area contributed by atoms with Crippen LogP contribution in [-0.2, 0) is 32.6 Å². The van der Waals surface area contributed by atoms with Crippen molar-refractivity contribution in [1.82, 2.24) is 10.2 Å². The van der Waals surface area contributed by atoms with Gasteiger partial charge in [-0.1, -0.05) is 48.5 Å². The highest BCUT2D eigenvalue weighted by Gasteiger charge is 2.35. The van der Waals surface area contributed by atoms with Crippen LogP contribution in [0.3, 0.4) is 0 Å². The lowest BCUT2D eigenvalue weighted by Gasteiger charge is -2.35. The average molecular weight is 584 g/mol. The number of rotatable bonds is 10. The molecule has 1 aliphatic heterocycles. The molecule has 218 valence electrons. The maximum absolute atomic E-state index is 14.8. The number of sulfonamides is 1. The van der Waals surface area contributed by atoms with Gasteiger partial charge in [-0.2, -0.15) is 0 Å². The van der Waals surface area contributed by atoms with Gasteiger partial charge in [-0.3, -0.25) is 13.9 Å². The zero-order valence-corrected chi connectivity index (χ0v) is 24.3. The predicted molar refractivity (Wildman–Crippen MR) is 154 cm³/mol. The van der Waals surface area contributed by atoms with Crippen molar-refractivity contribution in [1.29, 1.82) is 0 Å². The van der Waals surface area contributed by atoms with Crippen molar-refractivity contribution in [2.45, 2.75) is 45.3 Å². The predicted octanol–water partition coefficient (Wildman–Crippen LogP) is 3.88. The largest absolute Gasteiger partial charge is 0.454 e. The zero-order valence-electron chi connectivity index (χ0n) is 23.5. The Balaban J connectivity index is 1.75. The molecular weight excluding hydrogens is 549 g/mol. The van der Waals surface area contributed by atoms with Crippen LogP contribution in [0.1, 0.15) is 31.9 Å². The molecule has 0 fully saturated rings. The fourth-order valence-corrected chi connectivity index (χ4v) is 5.31. The molecule has 3 aromatic rings. The molecule has 1 atom stereocenters. The van der Waals surface area contributed by atoms with E-state index in [0.717, 1.165) is 16.1 Å². The number of halogens is 1. The molecule has 1 N–H and O–H groups in total. The third-order valence-electron chi connectivity index (χ3n) is 6.39. The summed E-state index contributed by atoms with van der Waals surface area (Å²) in [4.78, 5) is 29.0. The number of carbonyl (C=O) groups excluding carboxylic acids is 2. The first-order chi connectivity index (χ1) is 19.3. The van der Waals surface area contributed by atoms with Gasteiger partial charge in [-0.25, -0.2) is 12.8 Å². The lowest BCUT2D eigenvalue weighted by atomic mass is 10.0. The summed E-state index contributed by atoms with van der Waals surface area (Å²) >= 11 is 0. The normalized spacial score (nSPS) is 13.4. The van der Waals surface area contributed by atoms with Gasteiger partial charge in [0, 0.05) is 30.1 Å². The Morgan fingerprint density at radius 1 is 0.976 bits per heavy atom. The van der Waals surface area contributed by atoms with E-state index in [1.54, 1.807) is 12.1 Å². The number of anilines is 1. The Morgan fingerprint density at radius 3 is 2.29 bits per heavy atom. The molecule has 4 rings (SSSR count). The van der Waals surface area contributed by atoms with E-state index in [2.05, 4.69) is 5.32 Å². The van der Waals surface area contributed by atoms with E-state index in [0.29, 0.717) is 11.5 Å². The van der Waals surface area contributed by atoms with Gasteiger partial charge in [0.2, 0.25) is 28.6 Å². The summed E-state index contributed by atoms with van der Waals surface area (Å²) in [5.74, 6) is -0.869. The van der Waals surface area contributed by atoms with E-state index in [9.17, 15) is 22.4 Å². The number of ether oxygens (including phenoxy) is 2. The number of carbonyl (C=O) groups is 2. The highest BCUT2D eigenvalue weighted by molar-refractivity contribution is 7.92. The molecule has 0 aromatic heterocycles. The zero-order chi connectivity index (χ0) is 29.8. The van der Waals surface area contributed by atoms with Gasteiger partial charge in [0.1, 0.15) is 18.4 Å². The fraction of sp³-hybridized carbons (Fsp3) is 0.333. The van der Waals surface area contributed by atoms with E-state index >= 15 is 0 Å². The first kappa shape index (κ1) is 29.9. The molecule has 0 radical (unpaired) electrons. The summed E-state index contributed by atoms with van der Waals surface area (Å²) in [6, 6.07) is 18.6. The molecule has 0 aliphatic carbocycles. The lowest BCUT2D eigenvalue weighted by molar-refractivity contribution is -0.140. The summed E-state index contributed by atoms with van der Waals surface area (Å²) in [6.07, 6.45) is 1.12. The summed E-state index contributed by atoms with van der Waals surface area (Å²) < 4.78 is 52.4. The summed E-state index contributed by atoms with van der Waals surface area (Å²) in [6.45, 7) is 4.58. The van der Waals surface area contributed by atoms with Crippen LogP contribution in [0, 0.1) is 5.82 Å². The van der Waals surface area contributed by atoms with E-state index in [-0.39, 0.29) is 31.0 Å². The molecule has 2 amide bonds. The molecule has 1 heterocycles. The van der Waals surface area contributed by atoms with Crippen molar-refractivity contribution >= 4 is 27.5 Å². The molecule has 0 saturated carbocycles. The van der Waals surface area contributed by atoms with Crippen molar-refractivity contribution in [3.05, 3.63) is 89.7 Å². The number of hydrogen-bond acceptors (Lipinski definition) is 6. The molecule has 41 heavy (non-hydrogen) atoms. The molecule has 1 aliphatic rings. The number of nitrogens with one attached hydrogen (secondary N) is 1. The van der Waals surface area contributed by atoms with Crippen LogP contribution in [0.5, 0.6) is 11.5 Å². The van der Waals surface area contributed by atoms with Gasteiger partial charge < -0.3 is 19.7 Å². The van der Waals surface area contributed by atoms with Crippen molar-refractivity contribution in [2.75, 3.05) is 23.9 Å². The Morgan fingerprint density at radius 2 is 1.63 bits per heavy atom. The second-order valence-corrected chi connectivity index (χ2v) is 12.8. The fourth-order valence-electron chi connectivity index (χ4n) is 4.47. The standard InChI is InChI=1S/C30H34FN3O6S/c1-30(2,3)32-29(36)25(16-21-10-6-5-7-11-21)33(18-22-12-8-9-13-24(22)31)28(35)19-34(41(4,37)38)23-14-15-26-27(17-23)40-20-39-26/h5-15,17,25H,16,18-20H2,1-4H3,(H,32,36)/t25-/m0/s1. The monoisotopic (exact) mass is 583 g/mol. The van der Waals surface area contributed by atoms with Crippen LogP contribution >= 0.6 is 0 Å². The maximum atomic E-state index is 14.8. The van der Waals surface area contributed by atoms with Crippen molar-refractivity contribution in [2.24, 2.45) is 0 Å². The highest BCUT2D eigenvalue weighted by Crippen LogP contribution is 2.36. The Bertz CT molecular complexity index is 1510. The molecule has 0 saturated heterocycles. The minimum absolute atomic E-state index is 0.00291. The number of fused-ring (bicyclic) bond motifs is 1. The van der Waals surface area contributed by atoms with Crippen LogP contribution < -0.4 is 19.1 Å². The second-order valence-electron chi connectivity index (χ2n) is 10.9. The van der Waals surface area contributed by atoms with Crippen molar-refractivity contribution in [3.63, 3.8) is 0 Å². The molecule has 11 heteroatoms. The lowest BCUT2D eigenvalue weighted by Crippen LogP contribution is -2.56. The number of amides is 2. The molecule has 0 spiro atoms. The molecule has 0 unspecified atom stereocenters. The molecule has 9 nitrogen and oxygen atoms in total. The number of benzene rings is 3. The minimum atomic E-state index is -3.96. The Hall–Kier alpha value is -4.12. The Labute approximate surface area is 239 Å². The van der Waals surface area contributed by atoms with E-state index in [1.807, 2.05) is 51.1 Å². The first-order valence-corrected chi connectivity index (χ1v) is 14.9. The first-order valence-electron chi connectivity index (χ1n) is 13.1. The molecule has 0 bridgehead atoms. The van der Waals surface area contributed by atoms with E-state index in [1.165, 1.54) is 35.2 Å². The van der Waals surface area contributed by atoms with Crippen LogP contribution in [0.15, 0.2) is 72.8 Å². The average Bonchev–Trinajstić information content (AvgIpc) is 3.37. The van der Waals surface area contributed by atoms with Gasteiger partial charge >= 0.3 is 0 Å². The molecule has 3 aromatic carbocycles. The quantitative estimate of drug-likeness (QED) is 0.389. The smallest absolute Gasteiger partial charge is 0.244 e. The van der Waals surface area contributed by atoms with Crippen LogP contribution in [-0.4, -0.2) is 56.3 Å². The number of nitrogens with zero attached hydrogens (tertiary/aromatic N) is 2. The Kier molecular flexibility index (Phi) is 8.86. The minimum Gasteiger partial charge on any atom is -0.454 e. The van der Waals surface area contributed by atoms with Gasteiger partial charge in [0.25, 0.3) is 0 Å². The van der Waals surface area contributed by atoms with Gasteiger partial charge in [-0.15, -0.1) is 0 Å². The topological polar surface area (TPSA) is 105 Å². The summed E-state index contributed by atoms with van der Waals surface area (Å²) in [7, 11) is -3.96. The van der Waals surface area contributed by atoms with Crippen LogP contribution in [0.2, 0.25) is 0 Å². The maximum Gasteiger partial charge on any atom is 0.244 e. The number of hydrogen-bond donors (Lipinski definition) is 1. The third kappa shape index (κ3) is 7.75. The van der Waals surface area contributed by atoms with Crippen LogP contribution in [0.25, 0.3) is 0 Å². The van der Waals surface area contributed by atoms with E-state index in [4.69, 9.17) is 9.47 Å². The SMILES string of the molecule is CC(C)(C)NC(=O)[C@H](Cc1ccccc1)N(Cc1ccccc1F)C(=O)CN(c1ccc2c(c1)OCO2)S(C)(=O)=O. The highest BCUT2D eigenvalue weighted by atomic mass is 32.2. The van der Waals surface area contributed by atoms with Crippen LogP contribution in [0.4, 0.5) is 10.1 Å².